The van der Waals surface area contributed by atoms with Gasteiger partial charge in [-0.2, -0.15) is 0 Å². The van der Waals surface area contributed by atoms with Crippen LogP contribution in [0.4, 0.5) is 0 Å². The van der Waals surface area contributed by atoms with E-state index in [1.807, 2.05) is 6.92 Å². The molecule has 1 heterocycles. The summed E-state index contributed by atoms with van der Waals surface area (Å²) in [5, 5.41) is 3.08. The molecule has 0 saturated carbocycles. The Kier molecular flexibility index (Phi) is 2.97. The van der Waals surface area contributed by atoms with Crippen LogP contribution in [0.3, 0.4) is 0 Å². The summed E-state index contributed by atoms with van der Waals surface area (Å²) in [7, 11) is 0. The van der Waals surface area contributed by atoms with Gasteiger partial charge in [0, 0.05) is 13.2 Å². The lowest BCUT2D eigenvalue weighted by atomic mass is 10.4. The quantitative estimate of drug-likeness (QED) is 0.583. The lowest BCUT2D eigenvalue weighted by Gasteiger charge is -2.06. The van der Waals surface area contributed by atoms with Gasteiger partial charge < -0.3 is 9.47 Å². The van der Waals surface area contributed by atoms with Crippen LogP contribution in [0.15, 0.2) is 0 Å². The molecule has 1 saturated heterocycles. The van der Waals surface area contributed by atoms with Gasteiger partial charge in [0.25, 0.3) is 0 Å². The topological polar surface area (TPSA) is 30.5 Å². The third kappa shape index (κ3) is 2.30. The van der Waals surface area contributed by atoms with Gasteiger partial charge >= 0.3 is 0 Å². The highest BCUT2D eigenvalue weighted by molar-refractivity contribution is 4.64. The standard InChI is InChI=1S/C6H13NO2/c1-2-8-4-6-3-7-5-9-6/h6-7H,2-5H2,1H3. The first kappa shape index (κ1) is 6.99. The number of rotatable bonds is 3. The molecule has 3 nitrogen and oxygen atoms in total. The Morgan fingerprint density at radius 1 is 1.78 bits per heavy atom. The molecule has 1 unspecified atom stereocenters. The smallest absolute Gasteiger partial charge is 0.0971 e. The first-order valence-electron chi connectivity index (χ1n) is 3.33. The van der Waals surface area contributed by atoms with Gasteiger partial charge in [0.15, 0.2) is 0 Å². The molecule has 1 N–H and O–H groups in total. The van der Waals surface area contributed by atoms with E-state index in [2.05, 4.69) is 5.32 Å². The Balaban J connectivity index is 1.98. The molecule has 0 aromatic heterocycles. The summed E-state index contributed by atoms with van der Waals surface area (Å²) in [4.78, 5) is 0. The normalized spacial score (nSPS) is 27.0. The zero-order valence-corrected chi connectivity index (χ0v) is 5.72. The van der Waals surface area contributed by atoms with Crippen molar-refractivity contribution in [3.05, 3.63) is 0 Å². The van der Waals surface area contributed by atoms with Crippen molar-refractivity contribution in [3.8, 4) is 0 Å². The van der Waals surface area contributed by atoms with Crippen LogP contribution in [0.5, 0.6) is 0 Å². The van der Waals surface area contributed by atoms with Crippen molar-refractivity contribution in [1.82, 2.24) is 5.32 Å². The number of nitrogens with one attached hydrogen (secondary N) is 1. The molecule has 0 aromatic rings. The number of hydrogen-bond donors (Lipinski definition) is 1. The Morgan fingerprint density at radius 2 is 2.67 bits per heavy atom. The molecule has 9 heavy (non-hydrogen) atoms. The zero-order valence-electron chi connectivity index (χ0n) is 5.72. The van der Waals surface area contributed by atoms with Crippen molar-refractivity contribution in [1.29, 1.82) is 0 Å². The first-order valence-corrected chi connectivity index (χ1v) is 3.33. The maximum Gasteiger partial charge on any atom is 0.0971 e. The summed E-state index contributed by atoms with van der Waals surface area (Å²) in [6, 6.07) is 0. The van der Waals surface area contributed by atoms with Gasteiger partial charge in [0.1, 0.15) is 0 Å². The SMILES string of the molecule is CCOCC1CNCO1. The number of ether oxygens (including phenoxy) is 2. The van der Waals surface area contributed by atoms with Gasteiger partial charge in [-0.25, -0.2) is 0 Å². The predicted molar refractivity (Wildman–Crippen MR) is 34.2 cm³/mol. The van der Waals surface area contributed by atoms with E-state index in [4.69, 9.17) is 9.47 Å². The maximum atomic E-state index is 5.22. The second-order valence-corrected chi connectivity index (χ2v) is 2.05. The number of hydrogen-bond acceptors (Lipinski definition) is 3. The minimum absolute atomic E-state index is 0.282. The van der Waals surface area contributed by atoms with E-state index >= 15 is 0 Å². The molecular formula is C6H13NO2. The van der Waals surface area contributed by atoms with E-state index < -0.39 is 0 Å². The van der Waals surface area contributed by atoms with Crippen molar-refractivity contribution in [2.24, 2.45) is 0 Å². The molecule has 3 heteroatoms. The van der Waals surface area contributed by atoms with E-state index in [0.29, 0.717) is 6.73 Å². The molecular weight excluding hydrogens is 118 g/mol. The van der Waals surface area contributed by atoms with Crippen LogP contribution < -0.4 is 5.32 Å². The van der Waals surface area contributed by atoms with E-state index in [1.165, 1.54) is 0 Å². The van der Waals surface area contributed by atoms with Gasteiger partial charge in [-0.05, 0) is 6.92 Å². The van der Waals surface area contributed by atoms with E-state index in [1.54, 1.807) is 0 Å². The fourth-order valence-corrected chi connectivity index (χ4v) is 0.812. The van der Waals surface area contributed by atoms with E-state index in [0.717, 1.165) is 19.8 Å². The molecule has 1 fully saturated rings. The first-order chi connectivity index (χ1) is 4.43. The van der Waals surface area contributed by atoms with Gasteiger partial charge in [0.05, 0.1) is 19.4 Å². The van der Waals surface area contributed by atoms with Crippen molar-refractivity contribution in [2.75, 3.05) is 26.5 Å². The van der Waals surface area contributed by atoms with Crippen LogP contribution in [0.25, 0.3) is 0 Å². The Labute approximate surface area is 55.3 Å². The van der Waals surface area contributed by atoms with Crippen LogP contribution in [-0.2, 0) is 9.47 Å². The van der Waals surface area contributed by atoms with Gasteiger partial charge in [-0.3, -0.25) is 5.32 Å². The third-order valence-corrected chi connectivity index (χ3v) is 1.30. The van der Waals surface area contributed by atoms with Crippen LogP contribution in [-0.4, -0.2) is 32.6 Å². The molecule has 1 atom stereocenters. The predicted octanol–water partition coefficient (Wildman–Crippen LogP) is -0.0312. The van der Waals surface area contributed by atoms with Crippen LogP contribution in [0.2, 0.25) is 0 Å². The fraction of sp³-hybridized carbons (Fsp3) is 1.00. The lowest BCUT2D eigenvalue weighted by molar-refractivity contribution is 0.0255. The van der Waals surface area contributed by atoms with E-state index in [9.17, 15) is 0 Å². The summed E-state index contributed by atoms with van der Waals surface area (Å²) in [5.74, 6) is 0. The third-order valence-electron chi connectivity index (χ3n) is 1.30. The molecule has 0 bridgehead atoms. The summed E-state index contributed by atoms with van der Waals surface area (Å²) >= 11 is 0. The highest BCUT2D eigenvalue weighted by Gasteiger charge is 2.13. The molecule has 1 aliphatic rings. The molecule has 1 aliphatic heterocycles. The molecule has 0 spiro atoms. The molecule has 1 rings (SSSR count). The van der Waals surface area contributed by atoms with Crippen molar-refractivity contribution < 1.29 is 9.47 Å². The second-order valence-electron chi connectivity index (χ2n) is 2.05. The Bertz CT molecular complexity index is 71.5. The maximum absolute atomic E-state index is 5.22. The second kappa shape index (κ2) is 3.82. The van der Waals surface area contributed by atoms with Gasteiger partial charge in [-0.1, -0.05) is 0 Å². The van der Waals surface area contributed by atoms with Crippen molar-refractivity contribution in [3.63, 3.8) is 0 Å². The van der Waals surface area contributed by atoms with Crippen LogP contribution in [0.1, 0.15) is 6.92 Å². The Hall–Kier alpha value is -0.120. The highest BCUT2D eigenvalue weighted by Crippen LogP contribution is 1.96. The minimum atomic E-state index is 0.282. The minimum Gasteiger partial charge on any atom is -0.379 e. The summed E-state index contributed by atoms with van der Waals surface area (Å²) in [5.41, 5.74) is 0. The monoisotopic (exact) mass is 131 g/mol. The molecule has 0 amide bonds. The summed E-state index contributed by atoms with van der Waals surface area (Å²) in [6.45, 7) is 5.10. The summed E-state index contributed by atoms with van der Waals surface area (Å²) < 4.78 is 10.4. The van der Waals surface area contributed by atoms with Crippen LogP contribution in [0, 0.1) is 0 Å². The zero-order chi connectivity index (χ0) is 6.53. The fourth-order valence-electron chi connectivity index (χ4n) is 0.812. The summed E-state index contributed by atoms with van der Waals surface area (Å²) in [6.07, 6.45) is 0.282. The highest BCUT2D eigenvalue weighted by atomic mass is 16.5. The van der Waals surface area contributed by atoms with Gasteiger partial charge in [-0.15, -0.1) is 0 Å². The average Bonchev–Trinajstić information content (AvgIpc) is 2.34. The van der Waals surface area contributed by atoms with Crippen LogP contribution >= 0.6 is 0 Å². The molecule has 0 aromatic carbocycles. The largest absolute Gasteiger partial charge is 0.379 e. The van der Waals surface area contributed by atoms with E-state index in [-0.39, 0.29) is 6.10 Å². The van der Waals surface area contributed by atoms with Gasteiger partial charge in [0.2, 0.25) is 0 Å². The molecule has 0 aliphatic carbocycles. The average molecular weight is 131 g/mol. The molecule has 0 radical (unpaired) electrons. The molecule has 54 valence electrons. The Morgan fingerprint density at radius 3 is 3.22 bits per heavy atom. The van der Waals surface area contributed by atoms with Crippen molar-refractivity contribution >= 4 is 0 Å². The van der Waals surface area contributed by atoms with Crippen molar-refractivity contribution in [2.45, 2.75) is 13.0 Å². The lowest BCUT2D eigenvalue weighted by Crippen LogP contribution is -2.19.